The van der Waals surface area contributed by atoms with Gasteiger partial charge in [0.15, 0.2) is 0 Å². The molecule has 0 atom stereocenters. The van der Waals surface area contributed by atoms with Crippen molar-refractivity contribution >= 4 is 27.7 Å². The Kier molecular flexibility index (Phi) is 5.05. The highest BCUT2D eigenvalue weighted by molar-refractivity contribution is 6.17. The maximum absolute atomic E-state index is 14.4. The summed E-state index contributed by atoms with van der Waals surface area (Å²) in [5.41, 5.74) is 9.13. The van der Waals surface area contributed by atoms with Crippen molar-refractivity contribution in [3.05, 3.63) is 82.9 Å². The van der Waals surface area contributed by atoms with Gasteiger partial charge in [-0.25, -0.2) is 8.78 Å². The normalized spacial score (nSPS) is 11.4. The van der Waals surface area contributed by atoms with E-state index in [0.29, 0.717) is 16.5 Å². The van der Waals surface area contributed by atoms with Gasteiger partial charge < -0.3 is 10.3 Å². The number of nitrogens with two attached hydrogens (primary N) is 1. The van der Waals surface area contributed by atoms with Gasteiger partial charge in [-0.2, -0.15) is 0 Å². The maximum Gasteiger partial charge on any atom is 0.249 e. The summed E-state index contributed by atoms with van der Waals surface area (Å²) in [5.74, 6) is -1.73. The molecule has 1 amide bonds. The van der Waals surface area contributed by atoms with Gasteiger partial charge in [0, 0.05) is 28.0 Å². The van der Waals surface area contributed by atoms with E-state index in [1.165, 1.54) is 12.1 Å². The van der Waals surface area contributed by atoms with E-state index in [9.17, 15) is 13.6 Å². The number of nitrogens with zero attached hydrogens (tertiary/aromatic N) is 1. The molecule has 0 fully saturated rings. The Morgan fingerprint density at radius 2 is 1.97 bits per heavy atom. The number of aryl methyl sites for hydroxylation is 1. The Hall–Kier alpha value is -3.21. The summed E-state index contributed by atoms with van der Waals surface area (Å²) < 4.78 is 29.6. The van der Waals surface area contributed by atoms with E-state index < -0.39 is 17.5 Å². The zero-order valence-electron chi connectivity index (χ0n) is 16.1. The minimum absolute atomic E-state index is 0.208. The van der Waals surface area contributed by atoms with Crippen molar-refractivity contribution in [1.82, 2.24) is 4.57 Å². The molecule has 4 rings (SSSR count). The van der Waals surface area contributed by atoms with Crippen molar-refractivity contribution in [1.29, 1.82) is 0 Å². The molecule has 2 N–H and O–H groups in total. The van der Waals surface area contributed by atoms with E-state index in [4.69, 9.17) is 5.73 Å². The van der Waals surface area contributed by atoms with Crippen molar-refractivity contribution in [3.63, 3.8) is 0 Å². The second-order valence-corrected chi connectivity index (χ2v) is 7.26. The molecule has 4 aromatic rings. The average molecular weight is 391 g/mol. The molecule has 29 heavy (non-hydrogen) atoms. The average Bonchev–Trinajstić information content (AvgIpc) is 3.01. The third-order valence-electron chi connectivity index (χ3n) is 5.28. The van der Waals surface area contributed by atoms with E-state index in [1.807, 2.05) is 16.7 Å². The highest BCUT2D eigenvalue weighted by atomic mass is 19.1. The monoisotopic (exact) mass is 391 g/mol. The predicted octanol–water partition coefficient (Wildman–Crippen LogP) is 5.36. The van der Waals surface area contributed by atoms with Crippen molar-refractivity contribution in [2.24, 2.45) is 5.73 Å². The first-order chi connectivity index (χ1) is 14.0. The van der Waals surface area contributed by atoms with E-state index in [1.54, 1.807) is 12.1 Å². The molecule has 3 nitrogen and oxygen atoms in total. The van der Waals surface area contributed by atoms with Crippen LogP contribution in [0.5, 0.6) is 0 Å². The second-order valence-electron chi connectivity index (χ2n) is 7.26. The summed E-state index contributed by atoms with van der Waals surface area (Å²) in [7, 11) is 0. The van der Waals surface area contributed by atoms with Crippen LogP contribution in [0.15, 0.2) is 48.5 Å². The summed E-state index contributed by atoms with van der Waals surface area (Å²) in [4.78, 5) is 12.0. The van der Waals surface area contributed by atoms with Gasteiger partial charge in [0.2, 0.25) is 5.91 Å². The first-order valence-electron chi connectivity index (χ1n) is 9.69. The van der Waals surface area contributed by atoms with Crippen molar-refractivity contribution in [2.45, 2.75) is 32.7 Å². The van der Waals surface area contributed by atoms with Crippen LogP contribution in [0.3, 0.4) is 0 Å². The molecule has 0 saturated carbocycles. The number of carbonyl (C=O) groups is 1. The number of hydrogen-bond acceptors (Lipinski definition) is 1. The fourth-order valence-electron chi connectivity index (χ4n) is 3.82. The van der Waals surface area contributed by atoms with Crippen molar-refractivity contribution in [2.75, 3.05) is 0 Å². The molecule has 1 heterocycles. The van der Waals surface area contributed by atoms with Gasteiger partial charge in [-0.3, -0.25) is 4.79 Å². The number of hydrogen-bond donors (Lipinski definition) is 1. The third-order valence-corrected chi connectivity index (χ3v) is 5.28. The molecule has 0 spiro atoms. The van der Waals surface area contributed by atoms with Gasteiger partial charge in [-0.05, 0) is 48.7 Å². The number of halogens is 2. The number of aromatic nitrogens is 1. The molecule has 0 aliphatic carbocycles. The van der Waals surface area contributed by atoms with E-state index in [2.05, 4.69) is 19.1 Å². The molecule has 0 aliphatic rings. The van der Waals surface area contributed by atoms with Crippen molar-refractivity contribution < 1.29 is 13.6 Å². The van der Waals surface area contributed by atoms with Gasteiger partial charge in [0.05, 0.1) is 17.6 Å². The van der Waals surface area contributed by atoms with E-state index in [0.717, 1.165) is 47.3 Å². The molecule has 147 valence electrons. The molecule has 1 radical (unpaired) electrons. The fourth-order valence-corrected chi connectivity index (χ4v) is 3.82. The fraction of sp³-hybridized carbons (Fsp3) is 0.208. The minimum Gasteiger partial charge on any atom is -0.366 e. The Morgan fingerprint density at radius 1 is 1.14 bits per heavy atom. The summed E-state index contributed by atoms with van der Waals surface area (Å²) in [6.45, 7) is 2.34. The number of rotatable bonds is 6. The van der Waals surface area contributed by atoms with Crippen molar-refractivity contribution in [3.8, 4) is 0 Å². The number of benzene rings is 3. The topological polar surface area (TPSA) is 48.0 Å². The van der Waals surface area contributed by atoms with Crippen LogP contribution in [-0.2, 0) is 13.0 Å². The van der Waals surface area contributed by atoms with E-state index >= 15 is 0 Å². The van der Waals surface area contributed by atoms with Gasteiger partial charge in [-0.1, -0.05) is 31.5 Å². The largest absolute Gasteiger partial charge is 0.366 e. The molecule has 5 heteroatoms. The first kappa shape index (κ1) is 19.1. The zero-order chi connectivity index (χ0) is 20.5. The van der Waals surface area contributed by atoms with Gasteiger partial charge >= 0.3 is 0 Å². The first-order valence-corrected chi connectivity index (χ1v) is 9.69. The van der Waals surface area contributed by atoms with Crippen LogP contribution >= 0.6 is 0 Å². The quantitative estimate of drug-likeness (QED) is 0.472. The number of amides is 1. The number of fused-ring (bicyclic) bond motifs is 3. The molecule has 0 saturated heterocycles. The van der Waals surface area contributed by atoms with Gasteiger partial charge in [0.1, 0.15) is 11.6 Å². The Balaban J connectivity index is 1.98. The lowest BCUT2D eigenvalue weighted by Gasteiger charge is -2.10. The van der Waals surface area contributed by atoms with Crippen LogP contribution < -0.4 is 5.73 Å². The Bertz CT molecular complexity index is 1230. The van der Waals surface area contributed by atoms with Gasteiger partial charge in [-0.15, -0.1) is 0 Å². The smallest absolute Gasteiger partial charge is 0.249 e. The van der Waals surface area contributed by atoms with Crippen LogP contribution in [0.4, 0.5) is 8.78 Å². The molecular weight excluding hydrogens is 370 g/mol. The number of unbranched alkanes of at least 4 members (excludes halogenated alkanes) is 1. The van der Waals surface area contributed by atoms with Crippen LogP contribution in [0.1, 0.15) is 41.3 Å². The molecule has 1 aromatic heterocycles. The van der Waals surface area contributed by atoms with Gasteiger partial charge in [0.25, 0.3) is 0 Å². The molecule has 3 aromatic carbocycles. The molecule has 0 aliphatic heterocycles. The highest BCUT2D eigenvalue weighted by Crippen LogP contribution is 2.33. The lowest BCUT2D eigenvalue weighted by atomic mass is 10.0. The lowest BCUT2D eigenvalue weighted by Crippen LogP contribution is -2.11. The molecular formula is C24H21F2N2O. The van der Waals surface area contributed by atoms with E-state index in [-0.39, 0.29) is 6.54 Å². The summed E-state index contributed by atoms with van der Waals surface area (Å²) in [5, 5.41) is 1.48. The van der Waals surface area contributed by atoms with Crippen LogP contribution in [0.2, 0.25) is 0 Å². The second kappa shape index (κ2) is 7.66. The van der Waals surface area contributed by atoms with Crippen LogP contribution in [0.25, 0.3) is 21.8 Å². The molecule has 0 bridgehead atoms. The zero-order valence-corrected chi connectivity index (χ0v) is 16.1. The summed E-state index contributed by atoms with van der Waals surface area (Å²) in [6, 6.07) is 16.2. The lowest BCUT2D eigenvalue weighted by molar-refractivity contribution is 0.100. The standard InChI is InChI=1S/C24H21F2N2O/c1-2-3-5-15-8-11-18-22(12-15)28(14-16-9-10-17(25)13-20(16)26)21-7-4-6-19(23(18)21)24(27)29/h4,6-10,12-13H,2-3,5,14H2,1H3,(H2,27,29). The number of primary amides is 1. The number of carbonyl (C=O) groups excluding carboxylic acids is 1. The highest BCUT2D eigenvalue weighted by Gasteiger charge is 2.18. The Labute approximate surface area is 167 Å². The molecule has 0 unspecified atom stereocenters. The van der Waals surface area contributed by atoms with Crippen LogP contribution in [0, 0.1) is 17.7 Å². The summed E-state index contributed by atoms with van der Waals surface area (Å²) >= 11 is 0. The SMILES string of the molecule is CCCCc1c[c]c2c3c(C(N)=O)cccc3n(Cc3ccc(F)cc3F)c2c1. The summed E-state index contributed by atoms with van der Waals surface area (Å²) in [6.07, 6.45) is 3.05. The minimum atomic E-state index is -0.611. The van der Waals surface area contributed by atoms with Crippen LogP contribution in [-0.4, -0.2) is 10.5 Å². The third kappa shape index (κ3) is 3.48. The predicted molar refractivity (Wildman–Crippen MR) is 111 cm³/mol. The Morgan fingerprint density at radius 3 is 2.69 bits per heavy atom. The maximum atomic E-state index is 14.4.